The molecule has 5 heteroatoms. The molecular weight excluding hydrogens is 270 g/mol. The summed E-state index contributed by atoms with van der Waals surface area (Å²) in [4.78, 5) is 26.1. The highest BCUT2D eigenvalue weighted by molar-refractivity contribution is 6.22. The van der Waals surface area contributed by atoms with Crippen molar-refractivity contribution >= 4 is 17.5 Å². The smallest absolute Gasteiger partial charge is 0.244 e. The minimum Gasteiger partial charge on any atom is -0.385 e. The lowest BCUT2D eigenvalue weighted by atomic mass is 9.76. The molecule has 0 aliphatic carbocycles. The summed E-state index contributed by atoms with van der Waals surface area (Å²) >= 11 is 0. The molecule has 1 aromatic carbocycles. The highest BCUT2D eigenvalue weighted by Crippen LogP contribution is 2.46. The zero-order chi connectivity index (χ0) is 15.5. The zero-order valence-electron chi connectivity index (χ0n) is 12.7. The predicted octanol–water partition coefficient (Wildman–Crippen LogP) is 1.89. The van der Waals surface area contributed by atoms with Crippen molar-refractivity contribution in [3.05, 3.63) is 29.8 Å². The Labute approximate surface area is 124 Å². The van der Waals surface area contributed by atoms with Crippen molar-refractivity contribution in [1.82, 2.24) is 0 Å². The Kier molecular flexibility index (Phi) is 4.75. The Morgan fingerprint density at radius 1 is 1.14 bits per heavy atom. The van der Waals surface area contributed by atoms with E-state index >= 15 is 0 Å². The lowest BCUT2D eigenvalue weighted by Crippen LogP contribution is -2.43. The summed E-state index contributed by atoms with van der Waals surface area (Å²) in [6.45, 7) is 2.32. The number of fused-ring (bicyclic) bond motifs is 1. The van der Waals surface area contributed by atoms with Crippen molar-refractivity contribution in [3.63, 3.8) is 0 Å². The summed E-state index contributed by atoms with van der Waals surface area (Å²) in [5, 5.41) is 0. The largest absolute Gasteiger partial charge is 0.385 e. The van der Waals surface area contributed by atoms with Gasteiger partial charge in [-0.2, -0.15) is 0 Å². The monoisotopic (exact) mass is 291 g/mol. The second-order valence-electron chi connectivity index (χ2n) is 5.24. The molecule has 0 radical (unpaired) electrons. The molecule has 1 aliphatic rings. The van der Waals surface area contributed by atoms with Crippen LogP contribution < -0.4 is 4.90 Å². The number of carbonyl (C=O) groups is 2. The average molecular weight is 291 g/mol. The van der Waals surface area contributed by atoms with Gasteiger partial charge in [-0.3, -0.25) is 9.59 Å². The summed E-state index contributed by atoms with van der Waals surface area (Å²) < 4.78 is 10.3. The molecule has 0 N–H and O–H groups in total. The van der Waals surface area contributed by atoms with Crippen molar-refractivity contribution in [2.45, 2.75) is 25.2 Å². The third kappa shape index (κ3) is 2.59. The maximum Gasteiger partial charge on any atom is 0.244 e. The number of para-hydroxylation sites is 1. The normalized spacial score (nSPS) is 16.1. The molecule has 0 atom stereocenters. The Hall–Kier alpha value is -1.72. The lowest BCUT2D eigenvalue weighted by Gasteiger charge is -2.28. The SMILES string of the molecule is COCCC1(CCOC)C(=O)N(C(C)=O)c2ccccc21. The van der Waals surface area contributed by atoms with Crippen LogP contribution in [0.25, 0.3) is 0 Å². The summed E-state index contributed by atoms with van der Waals surface area (Å²) in [6.07, 6.45) is 1.07. The molecule has 2 amide bonds. The molecule has 2 rings (SSSR count). The number of anilines is 1. The number of methoxy groups -OCH3 is 2. The average Bonchev–Trinajstić information content (AvgIpc) is 2.72. The number of hydrogen-bond donors (Lipinski definition) is 0. The third-order valence-corrected chi connectivity index (χ3v) is 4.05. The van der Waals surface area contributed by atoms with Crippen LogP contribution in [-0.4, -0.2) is 39.2 Å². The van der Waals surface area contributed by atoms with Gasteiger partial charge in [-0.25, -0.2) is 4.90 Å². The summed E-state index contributed by atoms with van der Waals surface area (Å²) in [7, 11) is 3.22. The Bertz CT molecular complexity index is 533. The van der Waals surface area contributed by atoms with Gasteiger partial charge in [-0.15, -0.1) is 0 Å². The summed E-state index contributed by atoms with van der Waals surface area (Å²) in [5.41, 5.74) is 0.829. The molecular formula is C16H21NO4. The first-order valence-corrected chi connectivity index (χ1v) is 7.01. The van der Waals surface area contributed by atoms with Crippen molar-refractivity contribution in [2.24, 2.45) is 0 Å². The van der Waals surface area contributed by atoms with Crippen LogP contribution in [-0.2, 0) is 24.5 Å². The molecule has 0 saturated carbocycles. The second kappa shape index (κ2) is 6.37. The van der Waals surface area contributed by atoms with E-state index in [2.05, 4.69) is 0 Å². The number of nitrogens with zero attached hydrogens (tertiary/aromatic N) is 1. The Morgan fingerprint density at radius 2 is 1.71 bits per heavy atom. The van der Waals surface area contributed by atoms with E-state index < -0.39 is 5.41 Å². The first-order chi connectivity index (χ1) is 10.1. The topological polar surface area (TPSA) is 55.8 Å². The van der Waals surface area contributed by atoms with E-state index in [0.717, 1.165) is 5.56 Å². The Morgan fingerprint density at radius 3 is 2.24 bits per heavy atom. The number of benzene rings is 1. The van der Waals surface area contributed by atoms with Gasteiger partial charge in [-0.05, 0) is 24.5 Å². The van der Waals surface area contributed by atoms with Crippen LogP contribution in [0.4, 0.5) is 5.69 Å². The first-order valence-electron chi connectivity index (χ1n) is 7.01. The van der Waals surface area contributed by atoms with E-state index in [1.54, 1.807) is 14.2 Å². The van der Waals surface area contributed by atoms with Crippen LogP contribution in [0.1, 0.15) is 25.3 Å². The van der Waals surface area contributed by atoms with Gasteiger partial charge in [0.15, 0.2) is 0 Å². The van der Waals surface area contributed by atoms with E-state index in [0.29, 0.717) is 31.7 Å². The third-order valence-electron chi connectivity index (χ3n) is 4.05. The molecule has 0 bridgehead atoms. The molecule has 0 saturated heterocycles. The van der Waals surface area contributed by atoms with Crippen molar-refractivity contribution in [1.29, 1.82) is 0 Å². The van der Waals surface area contributed by atoms with Crippen LogP contribution in [0.5, 0.6) is 0 Å². The minimum absolute atomic E-state index is 0.176. The molecule has 1 aliphatic heterocycles. The first kappa shape index (κ1) is 15.7. The van der Waals surface area contributed by atoms with Crippen LogP contribution in [0.3, 0.4) is 0 Å². The van der Waals surface area contributed by atoms with E-state index in [1.165, 1.54) is 11.8 Å². The van der Waals surface area contributed by atoms with Crippen molar-refractivity contribution in [2.75, 3.05) is 32.3 Å². The van der Waals surface area contributed by atoms with E-state index in [1.807, 2.05) is 24.3 Å². The van der Waals surface area contributed by atoms with Crippen LogP contribution in [0, 0.1) is 0 Å². The molecule has 114 valence electrons. The fourth-order valence-electron chi connectivity index (χ4n) is 2.99. The number of carbonyl (C=O) groups excluding carboxylic acids is 2. The fraction of sp³-hybridized carbons (Fsp3) is 0.500. The molecule has 1 aromatic rings. The van der Waals surface area contributed by atoms with E-state index in [-0.39, 0.29) is 11.8 Å². The Balaban J connectivity index is 2.52. The molecule has 1 heterocycles. The fourth-order valence-corrected chi connectivity index (χ4v) is 2.99. The van der Waals surface area contributed by atoms with Gasteiger partial charge in [0.25, 0.3) is 0 Å². The lowest BCUT2D eigenvalue weighted by molar-refractivity contribution is -0.129. The number of hydrogen-bond acceptors (Lipinski definition) is 4. The minimum atomic E-state index is -0.742. The molecule has 0 fully saturated rings. The second-order valence-corrected chi connectivity index (χ2v) is 5.24. The maximum absolute atomic E-state index is 12.9. The van der Waals surface area contributed by atoms with Crippen LogP contribution >= 0.6 is 0 Å². The van der Waals surface area contributed by atoms with Gasteiger partial charge in [0.05, 0.1) is 11.1 Å². The molecule has 5 nitrogen and oxygen atoms in total. The summed E-state index contributed by atoms with van der Waals surface area (Å²) in [5.74, 6) is -0.436. The van der Waals surface area contributed by atoms with Crippen LogP contribution in [0.15, 0.2) is 24.3 Å². The van der Waals surface area contributed by atoms with Gasteiger partial charge in [-0.1, -0.05) is 18.2 Å². The van der Waals surface area contributed by atoms with Gasteiger partial charge in [0, 0.05) is 34.4 Å². The number of amides is 2. The molecule has 21 heavy (non-hydrogen) atoms. The van der Waals surface area contributed by atoms with Crippen molar-refractivity contribution in [3.8, 4) is 0 Å². The van der Waals surface area contributed by atoms with Gasteiger partial charge in [0.2, 0.25) is 11.8 Å². The van der Waals surface area contributed by atoms with Gasteiger partial charge >= 0.3 is 0 Å². The highest BCUT2D eigenvalue weighted by Gasteiger charge is 2.51. The van der Waals surface area contributed by atoms with E-state index in [9.17, 15) is 9.59 Å². The standard InChI is InChI=1S/C16H21NO4/c1-12(18)17-14-7-5-4-6-13(14)16(15(17)19,8-10-20-2)9-11-21-3/h4-7H,8-11H2,1-3H3. The van der Waals surface area contributed by atoms with Crippen molar-refractivity contribution < 1.29 is 19.1 Å². The zero-order valence-corrected chi connectivity index (χ0v) is 12.7. The van der Waals surface area contributed by atoms with Crippen LogP contribution in [0.2, 0.25) is 0 Å². The van der Waals surface area contributed by atoms with Gasteiger partial charge in [0.1, 0.15) is 0 Å². The molecule has 0 spiro atoms. The quantitative estimate of drug-likeness (QED) is 0.803. The van der Waals surface area contributed by atoms with E-state index in [4.69, 9.17) is 9.47 Å². The molecule has 0 aromatic heterocycles. The number of rotatable bonds is 6. The highest BCUT2D eigenvalue weighted by atomic mass is 16.5. The number of imide groups is 1. The maximum atomic E-state index is 12.9. The van der Waals surface area contributed by atoms with Gasteiger partial charge < -0.3 is 9.47 Å². The number of ether oxygens (including phenoxy) is 2. The summed E-state index contributed by atoms with van der Waals surface area (Å²) in [6, 6.07) is 7.46. The molecule has 0 unspecified atom stereocenters. The predicted molar refractivity (Wildman–Crippen MR) is 79.3 cm³/mol.